The van der Waals surface area contributed by atoms with Gasteiger partial charge in [0.05, 0.1) is 22.6 Å². The molecule has 0 radical (unpaired) electrons. The van der Waals surface area contributed by atoms with Crippen molar-refractivity contribution in [3.05, 3.63) is 84.4 Å². The summed E-state index contributed by atoms with van der Waals surface area (Å²) in [5.74, 6) is 0.239. The van der Waals surface area contributed by atoms with Crippen molar-refractivity contribution in [2.24, 2.45) is 0 Å². The third-order valence-corrected chi connectivity index (χ3v) is 9.73. The number of anilines is 3. The molecule has 0 atom stereocenters. The number of benzene rings is 4. The maximum atomic E-state index is 13.5. The van der Waals surface area contributed by atoms with Crippen molar-refractivity contribution in [2.45, 2.75) is 22.4 Å². The van der Waals surface area contributed by atoms with Crippen LogP contribution in [0.25, 0.3) is 10.8 Å². The fourth-order valence-electron chi connectivity index (χ4n) is 6.22. The Morgan fingerprint density at radius 2 is 1.53 bits per heavy atom. The molecule has 0 bridgehead atoms. The molecule has 11 heteroatoms. The van der Waals surface area contributed by atoms with E-state index in [4.69, 9.17) is 9.47 Å². The molecule has 0 unspecified atom stereocenters. The van der Waals surface area contributed by atoms with Gasteiger partial charge in [-0.2, -0.15) is 13.2 Å². The van der Waals surface area contributed by atoms with E-state index in [0.717, 1.165) is 71.1 Å². The lowest BCUT2D eigenvalue weighted by Gasteiger charge is -2.36. The van der Waals surface area contributed by atoms with E-state index < -0.39 is 17.7 Å². The molecule has 248 valence electrons. The third kappa shape index (κ3) is 7.80. The van der Waals surface area contributed by atoms with Crippen molar-refractivity contribution in [3.63, 3.8) is 0 Å². The highest BCUT2D eigenvalue weighted by Crippen LogP contribution is 2.49. The van der Waals surface area contributed by atoms with E-state index in [-0.39, 0.29) is 6.61 Å². The number of rotatable bonds is 11. The SMILES string of the molecule is CN(C)c1c(OCC(=O)OCCN2CCN(CCCN3c4ccccc4Sc4ccc(C(F)(F)F)cc43)CC2)ccc2ccccc12. The molecule has 7 nitrogen and oxygen atoms in total. The maximum absolute atomic E-state index is 13.5. The molecule has 4 aromatic carbocycles. The first kappa shape index (κ1) is 33.0. The molecule has 2 heterocycles. The van der Waals surface area contributed by atoms with Crippen LogP contribution in [0.2, 0.25) is 0 Å². The summed E-state index contributed by atoms with van der Waals surface area (Å²) >= 11 is 1.51. The molecule has 0 amide bonds. The van der Waals surface area contributed by atoms with Gasteiger partial charge in [0, 0.05) is 68.5 Å². The zero-order chi connectivity index (χ0) is 33.0. The van der Waals surface area contributed by atoms with Gasteiger partial charge < -0.3 is 24.2 Å². The zero-order valence-electron chi connectivity index (χ0n) is 26.6. The minimum atomic E-state index is -4.39. The molecule has 4 aromatic rings. The van der Waals surface area contributed by atoms with E-state index >= 15 is 0 Å². The van der Waals surface area contributed by atoms with Gasteiger partial charge in [0.15, 0.2) is 6.61 Å². The van der Waals surface area contributed by atoms with Gasteiger partial charge in [-0.05, 0) is 54.8 Å². The monoisotopic (exact) mass is 664 g/mol. The van der Waals surface area contributed by atoms with Crippen LogP contribution < -0.4 is 14.5 Å². The summed E-state index contributed by atoms with van der Waals surface area (Å²) in [4.78, 5) is 23.1. The Balaban J connectivity index is 0.940. The highest BCUT2D eigenvalue weighted by atomic mass is 32.2. The van der Waals surface area contributed by atoms with Crippen LogP contribution in [0, 0.1) is 0 Å². The Kier molecular flexibility index (Phi) is 10.1. The number of para-hydroxylation sites is 1. The summed E-state index contributed by atoms with van der Waals surface area (Å²) in [6, 6.07) is 23.9. The van der Waals surface area contributed by atoms with E-state index in [9.17, 15) is 18.0 Å². The summed E-state index contributed by atoms with van der Waals surface area (Å²) in [6.07, 6.45) is -3.57. The Morgan fingerprint density at radius 1 is 0.830 bits per heavy atom. The van der Waals surface area contributed by atoms with Crippen molar-refractivity contribution in [1.29, 1.82) is 0 Å². The Morgan fingerprint density at radius 3 is 2.30 bits per heavy atom. The van der Waals surface area contributed by atoms with Crippen LogP contribution in [-0.4, -0.2) is 88.9 Å². The minimum Gasteiger partial charge on any atom is -0.480 e. The number of esters is 1. The van der Waals surface area contributed by atoms with Crippen LogP contribution in [0.15, 0.2) is 88.7 Å². The number of hydrogen-bond donors (Lipinski definition) is 0. The molecule has 1 fully saturated rings. The molecular formula is C36H39F3N4O3S. The quantitative estimate of drug-likeness (QED) is 0.157. The van der Waals surface area contributed by atoms with Crippen molar-refractivity contribution < 1.29 is 27.4 Å². The Bertz CT molecular complexity index is 1710. The minimum absolute atomic E-state index is 0.158. The first-order chi connectivity index (χ1) is 22.7. The molecule has 1 saturated heterocycles. The van der Waals surface area contributed by atoms with E-state index in [1.54, 1.807) is 6.07 Å². The fourth-order valence-corrected chi connectivity index (χ4v) is 7.29. The second kappa shape index (κ2) is 14.5. The topological polar surface area (TPSA) is 48.5 Å². The van der Waals surface area contributed by atoms with E-state index in [2.05, 4.69) is 9.80 Å². The average molecular weight is 665 g/mol. The molecule has 0 saturated carbocycles. The normalized spacial score (nSPS) is 15.3. The lowest BCUT2D eigenvalue weighted by atomic mass is 10.1. The van der Waals surface area contributed by atoms with Gasteiger partial charge in [-0.1, -0.05) is 54.2 Å². The number of nitrogens with zero attached hydrogens (tertiary/aromatic N) is 4. The van der Waals surface area contributed by atoms with Crippen molar-refractivity contribution in [2.75, 3.05) is 82.9 Å². The predicted octanol–water partition coefficient (Wildman–Crippen LogP) is 7.16. The summed E-state index contributed by atoms with van der Waals surface area (Å²) in [5, 5.41) is 2.16. The second-order valence-electron chi connectivity index (χ2n) is 12.0. The Hall–Kier alpha value is -3.93. The molecule has 0 aliphatic carbocycles. The number of halogens is 3. The highest BCUT2D eigenvalue weighted by Gasteiger charge is 2.33. The first-order valence-electron chi connectivity index (χ1n) is 15.9. The van der Waals surface area contributed by atoms with Crippen LogP contribution in [0.3, 0.4) is 0 Å². The predicted molar refractivity (Wildman–Crippen MR) is 181 cm³/mol. The second-order valence-corrected chi connectivity index (χ2v) is 13.1. The maximum Gasteiger partial charge on any atom is 0.416 e. The van der Waals surface area contributed by atoms with Crippen molar-refractivity contribution in [1.82, 2.24) is 9.80 Å². The van der Waals surface area contributed by atoms with E-state index in [0.29, 0.717) is 31.1 Å². The summed E-state index contributed by atoms with van der Waals surface area (Å²) < 4.78 is 52.0. The molecule has 0 aromatic heterocycles. The smallest absolute Gasteiger partial charge is 0.416 e. The van der Waals surface area contributed by atoms with Crippen LogP contribution in [0.1, 0.15) is 12.0 Å². The van der Waals surface area contributed by atoms with E-state index in [1.807, 2.05) is 84.6 Å². The van der Waals surface area contributed by atoms with Crippen LogP contribution in [0.5, 0.6) is 5.75 Å². The number of ether oxygens (including phenoxy) is 2. The average Bonchev–Trinajstić information content (AvgIpc) is 3.06. The van der Waals surface area contributed by atoms with Gasteiger partial charge in [0.2, 0.25) is 0 Å². The zero-order valence-corrected chi connectivity index (χ0v) is 27.4. The van der Waals surface area contributed by atoms with Crippen LogP contribution in [0.4, 0.5) is 30.2 Å². The molecule has 0 N–H and O–H groups in total. The fraction of sp³-hybridized carbons (Fsp3) is 0.361. The van der Waals surface area contributed by atoms with Crippen LogP contribution in [-0.2, 0) is 15.7 Å². The van der Waals surface area contributed by atoms with Gasteiger partial charge in [-0.25, -0.2) is 4.79 Å². The largest absolute Gasteiger partial charge is 0.480 e. The number of fused-ring (bicyclic) bond motifs is 3. The molecule has 2 aliphatic rings. The van der Waals surface area contributed by atoms with Gasteiger partial charge in [-0.3, -0.25) is 4.90 Å². The number of carbonyl (C=O) groups excluding carboxylic acids is 1. The molecule has 47 heavy (non-hydrogen) atoms. The third-order valence-electron chi connectivity index (χ3n) is 8.60. The summed E-state index contributed by atoms with van der Waals surface area (Å²) in [7, 11) is 3.91. The molecular weight excluding hydrogens is 625 g/mol. The summed E-state index contributed by atoms with van der Waals surface area (Å²) in [5.41, 5.74) is 1.86. The lowest BCUT2D eigenvalue weighted by Crippen LogP contribution is -2.47. The standard InChI is InChI=1S/C36H39F3N4O3S/c1-40(2)35-28-9-4-3-8-26(28)12-14-31(35)46-25-34(44)45-23-22-42-20-18-41(19-21-42)16-7-17-43-29-10-5-6-11-32(29)47-33-15-13-27(24-30(33)43)36(37,38)39/h3-6,8-15,24H,7,16-23,25H2,1-2H3. The van der Waals surface area contributed by atoms with Crippen LogP contribution >= 0.6 is 11.8 Å². The number of carbonyl (C=O) groups is 1. The van der Waals surface area contributed by atoms with Gasteiger partial charge in [-0.15, -0.1) is 0 Å². The Labute approximate surface area is 277 Å². The van der Waals surface area contributed by atoms with Gasteiger partial charge >= 0.3 is 12.1 Å². The van der Waals surface area contributed by atoms with Crippen molar-refractivity contribution >= 4 is 45.6 Å². The number of piperazine rings is 1. The highest BCUT2D eigenvalue weighted by molar-refractivity contribution is 7.99. The summed E-state index contributed by atoms with van der Waals surface area (Å²) in [6.45, 7) is 5.75. The molecule has 0 spiro atoms. The first-order valence-corrected chi connectivity index (χ1v) is 16.7. The van der Waals surface area contributed by atoms with Gasteiger partial charge in [0.1, 0.15) is 12.4 Å². The molecule has 6 rings (SSSR count). The van der Waals surface area contributed by atoms with Gasteiger partial charge in [0.25, 0.3) is 0 Å². The lowest BCUT2D eigenvalue weighted by molar-refractivity contribution is -0.146. The number of hydrogen-bond acceptors (Lipinski definition) is 8. The van der Waals surface area contributed by atoms with Crippen molar-refractivity contribution in [3.8, 4) is 5.75 Å². The number of alkyl halides is 3. The van der Waals surface area contributed by atoms with E-state index in [1.165, 1.54) is 23.9 Å². The molecule has 2 aliphatic heterocycles.